The van der Waals surface area contributed by atoms with E-state index in [-0.39, 0.29) is 32.2 Å². The molecule has 230 valence electrons. The number of aromatic nitrogens is 4. The van der Waals surface area contributed by atoms with E-state index < -0.39 is 5.82 Å². The molecule has 3 aromatic heterocycles. The van der Waals surface area contributed by atoms with Crippen LogP contribution in [0.2, 0.25) is 0 Å². The van der Waals surface area contributed by atoms with Gasteiger partial charge in [-0.2, -0.15) is 5.10 Å². The first-order valence-electron chi connectivity index (χ1n) is 15.1. The minimum Gasteiger partial charge on any atom is -0.487 e. The van der Waals surface area contributed by atoms with Gasteiger partial charge in [-0.15, -0.1) is 0 Å². The smallest absolute Gasteiger partial charge is 0.310 e. The predicted octanol–water partition coefficient (Wildman–Crippen LogP) is 7.46. The number of carbonyl (C=O) groups is 1. The zero-order valence-corrected chi connectivity index (χ0v) is 25.7. The molecule has 0 radical (unpaired) electrons. The number of rotatable bonds is 3. The summed E-state index contributed by atoms with van der Waals surface area (Å²) in [6.07, 6.45) is 0.0384. The van der Waals surface area contributed by atoms with E-state index in [9.17, 15) is 9.18 Å². The molecular formula is C37H31FN4O4. The molecule has 46 heavy (non-hydrogen) atoms. The Hall–Kier alpha value is -5.57. The van der Waals surface area contributed by atoms with E-state index in [4.69, 9.17) is 29.3 Å². The van der Waals surface area contributed by atoms with Crippen molar-refractivity contribution in [2.45, 2.75) is 40.4 Å². The van der Waals surface area contributed by atoms with Gasteiger partial charge in [-0.25, -0.2) is 13.9 Å². The van der Waals surface area contributed by atoms with E-state index in [0.717, 1.165) is 44.8 Å². The third-order valence-corrected chi connectivity index (χ3v) is 8.02. The van der Waals surface area contributed by atoms with Crippen molar-refractivity contribution in [3.8, 4) is 45.1 Å². The van der Waals surface area contributed by atoms with Crippen molar-refractivity contribution in [1.29, 1.82) is 0 Å². The maximum Gasteiger partial charge on any atom is 0.310 e. The predicted molar refractivity (Wildman–Crippen MR) is 172 cm³/mol. The van der Waals surface area contributed by atoms with Crippen LogP contribution in [0.4, 0.5) is 4.39 Å². The van der Waals surface area contributed by atoms with E-state index in [1.165, 1.54) is 12.1 Å². The van der Waals surface area contributed by atoms with Gasteiger partial charge in [0.2, 0.25) is 0 Å². The van der Waals surface area contributed by atoms with E-state index in [1.807, 2.05) is 80.6 Å². The van der Waals surface area contributed by atoms with Crippen LogP contribution >= 0.6 is 0 Å². The molecule has 1 aliphatic rings. The highest BCUT2D eigenvalue weighted by molar-refractivity contribution is 5.80. The Morgan fingerprint density at radius 1 is 0.848 bits per heavy atom. The molecule has 7 rings (SSSR count). The molecule has 0 amide bonds. The summed E-state index contributed by atoms with van der Waals surface area (Å²) in [5.41, 5.74) is 9.07. The molecule has 6 aromatic rings. The number of ether oxygens (including phenoxy) is 3. The van der Waals surface area contributed by atoms with Crippen LogP contribution in [0.1, 0.15) is 35.1 Å². The maximum absolute atomic E-state index is 14.4. The highest BCUT2D eigenvalue weighted by atomic mass is 19.1. The lowest BCUT2D eigenvalue weighted by Crippen LogP contribution is -2.13. The van der Waals surface area contributed by atoms with Gasteiger partial charge in [-0.1, -0.05) is 36.4 Å². The van der Waals surface area contributed by atoms with E-state index >= 15 is 0 Å². The van der Waals surface area contributed by atoms with Crippen molar-refractivity contribution < 1.29 is 23.4 Å². The summed E-state index contributed by atoms with van der Waals surface area (Å²) in [6, 6.07) is 25.9. The molecule has 8 nitrogen and oxygen atoms in total. The van der Waals surface area contributed by atoms with Gasteiger partial charge in [0.15, 0.2) is 5.65 Å². The monoisotopic (exact) mass is 614 g/mol. The molecule has 0 N–H and O–H groups in total. The number of carbonyl (C=O) groups excluding carboxylic acids is 1. The quantitative estimate of drug-likeness (QED) is 0.191. The fourth-order valence-electron chi connectivity index (χ4n) is 5.76. The van der Waals surface area contributed by atoms with E-state index in [2.05, 4.69) is 0 Å². The Bertz CT molecular complexity index is 2120. The summed E-state index contributed by atoms with van der Waals surface area (Å²) < 4.78 is 34.0. The summed E-state index contributed by atoms with van der Waals surface area (Å²) in [4.78, 5) is 22.4. The molecule has 9 heteroatoms. The van der Waals surface area contributed by atoms with Gasteiger partial charge in [0.1, 0.15) is 30.5 Å². The third kappa shape index (κ3) is 5.67. The number of pyridine rings is 1. The van der Waals surface area contributed by atoms with Crippen molar-refractivity contribution in [2.24, 2.45) is 0 Å². The van der Waals surface area contributed by atoms with Gasteiger partial charge in [0, 0.05) is 40.1 Å². The minimum atomic E-state index is -0.395. The van der Waals surface area contributed by atoms with Gasteiger partial charge in [0.05, 0.1) is 35.8 Å². The second kappa shape index (κ2) is 12.1. The standard InChI is InChI=1S/C37H31FN4O4/c1-4-44-36(43)18-31-23(3)39-35-19-32-25-8-5-7-24(15-25)30-14-13-27(38)17-34(30)46-21-29-10-6-9-28(40-29)20-45-33-16-26(12-11-22(33)2)37(31)42(35)41-32/h5-17,19H,4,18,20-21H2,1-3H3. The lowest BCUT2D eigenvalue weighted by atomic mass is 10.00. The molecule has 0 atom stereocenters. The highest BCUT2D eigenvalue weighted by Crippen LogP contribution is 2.36. The van der Waals surface area contributed by atoms with Crippen LogP contribution in [0.3, 0.4) is 0 Å². The number of nitrogens with zero attached hydrogens (tertiary/aromatic N) is 4. The van der Waals surface area contributed by atoms with Crippen molar-refractivity contribution >= 4 is 11.6 Å². The van der Waals surface area contributed by atoms with Crippen molar-refractivity contribution in [3.05, 3.63) is 119 Å². The molecule has 0 fully saturated rings. The van der Waals surface area contributed by atoms with E-state index in [1.54, 1.807) is 17.5 Å². The van der Waals surface area contributed by atoms with Gasteiger partial charge >= 0.3 is 5.97 Å². The number of hydrogen-bond donors (Lipinski definition) is 0. The second-order valence-corrected chi connectivity index (χ2v) is 11.2. The zero-order valence-electron chi connectivity index (χ0n) is 25.7. The molecule has 1 aliphatic heterocycles. The number of fused-ring (bicyclic) bond motifs is 11. The first kappa shape index (κ1) is 29.2. The molecular weight excluding hydrogens is 583 g/mol. The number of hydrogen-bond acceptors (Lipinski definition) is 7. The van der Waals surface area contributed by atoms with Gasteiger partial charge in [-0.05, 0) is 68.3 Å². The Morgan fingerprint density at radius 3 is 2.41 bits per heavy atom. The average Bonchev–Trinajstić information content (AvgIpc) is 3.47. The summed E-state index contributed by atoms with van der Waals surface area (Å²) in [5, 5.41) is 5.02. The summed E-state index contributed by atoms with van der Waals surface area (Å²) in [6.45, 7) is 6.32. The molecule has 3 aromatic carbocycles. The molecule has 0 spiro atoms. The normalized spacial score (nSPS) is 12.3. The van der Waals surface area contributed by atoms with E-state index in [0.29, 0.717) is 34.2 Å². The number of aryl methyl sites for hydroxylation is 2. The van der Waals surface area contributed by atoms with Gasteiger partial charge in [-0.3, -0.25) is 9.78 Å². The summed E-state index contributed by atoms with van der Waals surface area (Å²) in [5.74, 6) is 0.343. The Balaban J connectivity index is 1.46. The van der Waals surface area contributed by atoms with Crippen LogP contribution in [-0.2, 0) is 29.2 Å². The van der Waals surface area contributed by atoms with Crippen molar-refractivity contribution in [2.75, 3.05) is 6.61 Å². The van der Waals surface area contributed by atoms with Gasteiger partial charge in [0.25, 0.3) is 0 Å². The molecule has 0 saturated carbocycles. The topological polar surface area (TPSA) is 87.8 Å². The van der Waals surface area contributed by atoms with Crippen LogP contribution in [0, 0.1) is 19.7 Å². The maximum atomic E-state index is 14.4. The highest BCUT2D eigenvalue weighted by Gasteiger charge is 2.22. The third-order valence-electron chi connectivity index (χ3n) is 8.02. The van der Waals surface area contributed by atoms with Crippen molar-refractivity contribution in [3.63, 3.8) is 0 Å². The molecule has 0 aliphatic carbocycles. The van der Waals surface area contributed by atoms with Crippen molar-refractivity contribution in [1.82, 2.24) is 19.6 Å². The lowest BCUT2D eigenvalue weighted by molar-refractivity contribution is -0.142. The van der Waals surface area contributed by atoms with Crippen LogP contribution in [-0.4, -0.2) is 32.2 Å². The van der Waals surface area contributed by atoms with Crippen LogP contribution in [0.15, 0.2) is 84.9 Å². The fourth-order valence-corrected chi connectivity index (χ4v) is 5.76. The molecule has 0 saturated heterocycles. The average molecular weight is 615 g/mol. The largest absolute Gasteiger partial charge is 0.487 e. The van der Waals surface area contributed by atoms with Crippen LogP contribution in [0.25, 0.3) is 39.3 Å². The number of benzene rings is 3. The Labute approximate surface area is 265 Å². The van der Waals surface area contributed by atoms with Gasteiger partial charge < -0.3 is 14.2 Å². The lowest BCUT2D eigenvalue weighted by Gasteiger charge is -2.16. The molecule has 8 bridgehead atoms. The summed E-state index contributed by atoms with van der Waals surface area (Å²) in [7, 11) is 0. The first-order chi connectivity index (χ1) is 22.4. The molecule has 0 unspecified atom stereocenters. The SMILES string of the molecule is CCOC(=O)Cc1c(C)nc2cc3nn2c1-c1ccc(C)c(c1)OCc1cccc(n1)COc1cc(F)ccc1-c1cccc-3c1. The molecule has 4 heterocycles. The minimum absolute atomic E-state index is 0.0384. The fraction of sp³-hybridized carbons (Fsp3) is 0.189. The zero-order chi connectivity index (χ0) is 31.8. The van der Waals surface area contributed by atoms with Crippen LogP contribution in [0.5, 0.6) is 11.5 Å². The second-order valence-electron chi connectivity index (χ2n) is 11.2. The Kier molecular flexibility index (Phi) is 7.66. The first-order valence-corrected chi connectivity index (χ1v) is 15.1. The van der Waals surface area contributed by atoms with Crippen LogP contribution < -0.4 is 9.47 Å². The number of halogens is 1. The Morgan fingerprint density at radius 2 is 1.61 bits per heavy atom. The number of esters is 1. The summed E-state index contributed by atoms with van der Waals surface area (Å²) >= 11 is 0.